The van der Waals surface area contributed by atoms with Crippen molar-refractivity contribution in [3.05, 3.63) is 32.3 Å². The third kappa shape index (κ3) is 2.90. The van der Waals surface area contributed by atoms with Crippen molar-refractivity contribution in [1.82, 2.24) is 0 Å². The first-order chi connectivity index (χ1) is 6.91. The van der Waals surface area contributed by atoms with Gasteiger partial charge in [0.1, 0.15) is 0 Å². The summed E-state index contributed by atoms with van der Waals surface area (Å²) in [5.41, 5.74) is -0.968. The van der Waals surface area contributed by atoms with Crippen molar-refractivity contribution in [2.45, 2.75) is 6.92 Å². The first kappa shape index (κ1) is 11.9. The van der Waals surface area contributed by atoms with Gasteiger partial charge >= 0.3 is 11.1 Å². The van der Waals surface area contributed by atoms with Crippen LogP contribution in [0.5, 0.6) is 5.75 Å². The molecule has 0 amide bonds. The van der Waals surface area contributed by atoms with E-state index in [0.717, 1.165) is 0 Å². The molecule has 1 aromatic carbocycles. The molecule has 0 bridgehead atoms. The standard InChI is InChI=1S/C8H5BrClNO4/c1-4-2-5(9)3-6(11(13)14)7(4)15-8(10)12/h2-3H,1H3. The summed E-state index contributed by atoms with van der Waals surface area (Å²) in [6, 6.07) is 2.82. The van der Waals surface area contributed by atoms with E-state index in [1.807, 2.05) is 0 Å². The van der Waals surface area contributed by atoms with Crippen LogP contribution in [0.1, 0.15) is 5.56 Å². The van der Waals surface area contributed by atoms with Crippen molar-refractivity contribution in [3.8, 4) is 5.75 Å². The number of hydrogen-bond acceptors (Lipinski definition) is 4. The summed E-state index contributed by atoms with van der Waals surface area (Å²) < 4.78 is 5.09. The molecule has 80 valence electrons. The Morgan fingerprint density at radius 1 is 1.60 bits per heavy atom. The van der Waals surface area contributed by atoms with Gasteiger partial charge in [0, 0.05) is 27.7 Å². The lowest BCUT2D eigenvalue weighted by Gasteiger charge is -2.05. The van der Waals surface area contributed by atoms with E-state index in [2.05, 4.69) is 20.7 Å². The van der Waals surface area contributed by atoms with Gasteiger partial charge in [0.25, 0.3) is 0 Å². The van der Waals surface area contributed by atoms with Crippen molar-refractivity contribution < 1.29 is 14.5 Å². The van der Waals surface area contributed by atoms with Crippen LogP contribution in [0.25, 0.3) is 0 Å². The Labute approximate surface area is 98.3 Å². The highest BCUT2D eigenvalue weighted by atomic mass is 79.9. The fraction of sp³-hybridized carbons (Fsp3) is 0.125. The molecule has 0 heterocycles. The van der Waals surface area contributed by atoms with Gasteiger partial charge in [-0.05, 0) is 13.0 Å². The molecule has 1 rings (SSSR count). The van der Waals surface area contributed by atoms with Gasteiger partial charge in [0.05, 0.1) is 4.92 Å². The van der Waals surface area contributed by atoms with E-state index in [0.29, 0.717) is 10.0 Å². The van der Waals surface area contributed by atoms with Crippen LogP contribution in [-0.2, 0) is 0 Å². The molecule has 0 unspecified atom stereocenters. The molecule has 5 nitrogen and oxygen atoms in total. The number of ether oxygens (including phenoxy) is 1. The highest BCUT2D eigenvalue weighted by Crippen LogP contribution is 2.34. The van der Waals surface area contributed by atoms with Crippen molar-refractivity contribution in [1.29, 1.82) is 0 Å². The zero-order valence-corrected chi connectivity index (χ0v) is 9.83. The molecule has 0 aliphatic carbocycles. The lowest BCUT2D eigenvalue weighted by atomic mass is 10.2. The number of rotatable bonds is 2. The first-order valence-electron chi connectivity index (χ1n) is 3.73. The molecule has 7 heteroatoms. The normalized spacial score (nSPS) is 9.80. The van der Waals surface area contributed by atoms with E-state index in [-0.39, 0.29) is 11.4 Å². The maximum Gasteiger partial charge on any atom is 0.409 e. The molecule has 0 aliphatic heterocycles. The van der Waals surface area contributed by atoms with E-state index in [9.17, 15) is 14.9 Å². The summed E-state index contributed by atoms with van der Waals surface area (Å²) >= 11 is 8.11. The Kier molecular flexibility index (Phi) is 3.65. The van der Waals surface area contributed by atoms with Crippen molar-refractivity contribution in [2.24, 2.45) is 0 Å². The summed E-state index contributed by atoms with van der Waals surface area (Å²) in [5, 5.41) is 10.7. The van der Waals surface area contributed by atoms with Gasteiger partial charge in [-0.25, -0.2) is 4.79 Å². The maximum atomic E-state index is 10.7. The van der Waals surface area contributed by atoms with Gasteiger partial charge in [-0.15, -0.1) is 0 Å². The number of carbonyl (C=O) groups is 1. The van der Waals surface area contributed by atoms with Gasteiger partial charge < -0.3 is 4.74 Å². The minimum Gasteiger partial charge on any atom is -0.407 e. The second kappa shape index (κ2) is 4.59. The monoisotopic (exact) mass is 293 g/mol. The molecule has 15 heavy (non-hydrogen) atoms. The summed E-state index contributed by atoms with van der Waals surface area (Å²) in [6.07, 6.45) is 0. The predicted octanol–water partition coefficient (Wildman–Crippen LogP) is 3.40. The minimum absolute atomic E-state index is 0.136. The summed E-state index contributed by atoms with van der Waals surface area (Å²) in [4.78, 5) is 20.5. The van der Waals surface area contributed by atoms with Crippen LogP contribution in [0.3, 0.4) is 0 Å². The van der Waals surface area contributed by atoms with Crippen LogP contribution in [-0.4, -0.2) is 10.4 Å². The third-order valence-electron chi connectivity index (χ3n) is 1.60. The molecule has 0 saturated heterocycles. The quantitative estimate of drug-likeness (QED) is 0.476. The van der Waals surface area contributed by atoms with Crippen molar-refractivity contribution >= 4 is 38.6 Å². The SMILES string of the molecule is Cc1cc(Br)cc([N+](=O)[O-])c1OC(=O)Cl. The van der Waals surface area contributed by atoms with Crippen molar-refractivity contribution in [2.75, 3.05) is 0 Å². The fourth-order valence-electron chi connectivity index (χ4n) is 1.06. The highest BCUT2D eigenvalue weighted by molar-refractivity contribution is 9.10. The summed E-state index contributed by atoms with van der Waals surface area (Å²) in [5.74, 6) is -0.136. The van der Waals surface area contributed by atoms with Crippen LogP contribution in [0.4, 0.5) is 10.5 Å². The number of nitro groups is 1. The van der Waals surface area contributed by atoms with Gasteiger partial charge in [-0.2, -0.15) is 0 Å². The van der Waals surface area contributed by atoms with E-state index in [1.54, 1.807) is 13.0 Å². The number of nitro benzene ring substituents is 1. The topological polar surface area (TPSA) is 69.4 Å². The third-order valence-corrected chi connectivity index (χ3v) is 2.13. The largest absolute Gasteiger partial charge is 0.409 e. The number of halogens is 2. The molecule has 0 saturated carbocycles. The molecule has 1 aromatic rings. The number of nitrogens with zero attached hydrogens (tertiary/aromatic N) is 1. The Hall–Kier alpha value is -1.14. The second-order valence-corrected chi connectivity index (χ2v) is 3.89. The minimum atomic E-state index is -1.11. The zero-order valence-electron chi connectivity index (χ0n) is 7.49. The fourth-order valence-corrected chi connectivity index (χ4v) is 1.70. The lowest BCUT2D eigenvalue weighted by molar-refractivity contribution is -0.385. The smallest absolute Gasteiger partial charge is 0.407 e. The van der Waals surface area contributed by atoms with E-state index in [4.69, 9.17) is 11.6 Å². The van der Waals surface area contributed by atoms with Gasteiger partial charge in [-0.1, -0.05) is 15.9 Å². The molecule has 0 atom stereocenters. The molecular formula is C8H5BrClNO4. The van der Waals surface area contributed by atoms with Crippen molar-refractivity contribution in [3.63, 3.8) is 0 Å². The van der Waals surface area contributed by atoms with Crippen LogP contribution in [0, 0.1) is 17.0 Å². The molecule has 0 fully saturated rings. The first-order valence-corrected chi connectivity index (χ1v) is 4.90. The Balaban J connectivity index is 3.33. The van der Waals surface area contributed by atoms with Gasteiger partial charge in [-0.3, -0.25) is 10.1 Å². The summed E-state index contributed by atoms with van der Waals surface area (Å²) in [6.45, 7) is 1.58. The van der Waals surface area contributed by atoms with Crippen LogP contribution < -0.4 is 4.74 Å². The molecule has 0 radical (unpaired) electrons. The van der Waals surface area contributed by atoms with E-state index < -0.39 is 10.4 Å². The molecule has 0 spiro atoms. The zero-order chi connectivity index (χ0) is 11.6. The number of hydrogen-bond donors (Lipinski definition) is 0. The summed E-state index contributed by atoms with van der Waals surface area (Å²) in [7, 11) is 0. The Morgan fingerprint density at radius 2 is 2.20 bits per heavy atom. The average Bonchev–Trinajstić information content (AvgIpc) is 2.08. The van der Waals surface area contributed by atoms with E-state index >= 15 is 0 Å². The Morgan fingerprint density at radius 3 is 2.67 bits per heavy atom. The molecular weight excluding hydrogens is 289 g/mol. The van der Waals surface area contributed by atoms with Crippen LogP contribution in [0.15, 0.2) is 16.6 Å². The molecule has 0 aromatic heterocycles. The van der Waals surface area contributed by atoms with Crippen LogP contribution >= 0.6 is 27.5 Å². The number of aryl methyl sites for hydroxylation is 1. The highest BCUT2D eigenvalue weighted by Gasteiger charge is 2.20. The Bertz CT molecular complexity index is 435. The molecule has 0 aliphatic rings. The van der Waals surface area contributed by atoms with Crippen LogP contribution in [0.2, 0.25) is 0 Å². The average molecular weight is 294 g/mol. The second-order valence-electron chi connectivity index (χ2n) is 2.67. The number of carbonyl (C=O) groups excluding carboxylic acids is 1. The number of benzene rings is 1. The van der Waals surface area contributed by atoms with E-state index in [1.165, 1.54) is 6.07 Å². The van der Waals surface area contributed by atoms with Gasteiger partial charge in [0.15, 0.2) is 0 Å². The maximum absolute atomic E-state index is 10.7. The van der Waals surface area contributed by atoms with Gasteiger partial charge in [0.2, 0.25) is 5.75 Å². The predicted molar refractivity (Wildman–Crippen MR) is 57.4 cm³/mol. The molecule has 0 N–H and O–H groups in total. The lowest BCUT2D eigenvalue weighted by Crippen LogP contribution is -2.02.